The molecular formula is C48H32N4O4. The predicted octanol–water partition coefficient (Wildman–Crippen LogP) is 12.1. The van der Waals surface area contributed by atoms with Crippen LogP contribution in [0.5, 0.6) is 11.5 Å². The fourth-order valence-corrected chi connectivity index (χ4v) is 8.25. The molecule has 0 aliphatic carbocycles. The van der Waals surface area contributed by atoms with Crippen molar-refractivity contribution in [1.29, 1.82) is 0 Å². The molecule has 11 aromatic rings. The maximum Gasteiger partial charge on any atom is 0.168 e. The Kier molecular flexibility index (Phi) is 6.73. The summed E-state index contributed by atoms with van der Waals surface area (Å²) in [6.45, 7) is 5.31. The van der Waals surface area contributed by atoms with Crippen molar-refractivity contribution in [3.05, 3.63) is 144 Å². The average Bonchev–Trinajstić information content (AvgIpc) is 3.90. The van der Waals surface area contributed by atoms with Gasteiger partial charge in [-0.15, -0.1) is 0 Å². The summed E-state index contributed by atoms with van der Waals surface area (Å²) in [5, 5.41) is 28.9. The maximum atomic E-state index is 11.5. The summed E-state index contributed by atoms with van der Waals surface area (Å²) < 4.78 is 15.1. The number of nitrogens with zero attached hydrogens (tertiary/aromatic N) is 4. The Hall–Kier alpha value is -7.45. The minimum Gasteiger partial charge on any atom is -0.507 e. The molecule has 0 radical (unpaired) electrons. The molecule has 268 valence electrons. The zero-order valence-electron chi connectivity index (χ0n) is 30.6. The summed E-state index contributed by atoms with van der Waals surface area (Å²) >= 11 is 0. The van der Waals surface area contributed by atoms with Gasteiger partial charge in [-0.25, -0.2) is 15.0 Å². The van der Waals surface area contributed by atoms with Crippen LogP contribution in [0.4, 0.5) is 0 Å². The van der Waals surface area contributed by atoms with Crippen LogP contribution in [0, 0.1) is 20.8 Å². The lowest BCUT2D eigenvalue weighted by Gasteiger charge is -2.16. The number of aromatic hydroxyl groups is 2. The maximum absolute atomic E-state index is 11.5. The van der Waals surface area contributed by atoms with Crippen LogP contribution in [0.2, 0.25) is 0 Å². The molecule has 0 bridgehead atoms. The van der Waals surface area contributed by atoms with E-state index in [1.165, 1.54) is 10.8 Å². The fourth-order valence-electron chi connectivity index (χ4n) is 8.25. The molecule has 0 saturated carbocycles. The topological polar surface area (TPSA) is 110 Å². The number of fused-ring (bicyclic) bond motifs is 9. The number of para-hydroxylation sites is 3. The van der Waals surface area contributed by atoms with E-state index in [0.717, 1.165) is 49.4 Å². The van der Waals surface area contributed by atoms with Crippen LogP contribution in [0.3, 0.4) is 0 Å². The van der Waals surface area contributed by atoms with Crippen LogP contribution < -0.4 is 0 Å². The van der Waals surface area contributed by atoms with E-state index in [4.69, 9.17) is 23.8 Å². The Morgan fingerprint density at radius 3 is 1.52 bits per heavy atom. The smallest absolute Gasteiger partial charge is 0.168 e. The second kappa shape index (κ2) is 11.8. The van der Waals surface area contributed by atoms with E-state index in [0.29, 0.717) is 56.2 Å². The average molecular weight is 729 g/mol. The molecule has 0 saturated heterocycles. The SMILES string of the molecule is Cc1c(C)c(O)c(-c2nc(-c3ccc4c(c3)oc3ccccc34)nc(-c3ccc4c(c3)oc3cc(-n5c6ccccc6c6ccccc65)ccc34)n2)c(C)c1O. The minimum atomic E-state index is 0.0143. The van der Waals surface area contributed by atoms with Crippen molar-refractivity contribution < 1.29 is 19.0 Å². The van der Waals surface area contributed by atoms with E-state index in [-0.39, 0.29) is 17.3 Å². The molecule has 0 atom stereocenters. The van der Waals surface area contributed by atoms with Gasteiger partial charge in [-0.3, -0.25) is 0 Å². The number of hydrogen-bond donors (Lipinski definition) is 2. The highest BCUT2D eigenvalue weighted by Gasteiger charge is 2.23. The van der Waals surface area contributed by atoms with E-state index in [9.17, 15) is 10.2 Å². The molecular weight excluding hydrogens is 697 g/mol. The monoisotopic (exact) mass is 728 g/mol. The van der Waals surface area contributed by atoms with Gasteiger partial charge in [-0.1, -0.05) is 66.7 Å². The first-order chi connectivity index (χ1) is 27.3. The van der Waals surface area contributed by atoms with Crippen molar-refractivity contribution in [3.8, 4) is 51.3 Å². The fraction of sp³-hybridized carbons (Fsp3) is 0.0625. The van der Waals surface area contributed by atoms with Crippen LogP contribution in [-0.2, 0) is 0 Å². The summed E-state index contributed by atoms with van der Waals surface area (Å²) in [5.74, 6) is 1.12. The summed E-state index contributed by atoms with van der Waals surface area (Å²) in [5.41, 5.74) is 9.63. The summed E-state index contributed by atoms with van der Waals surface area (Å²) in [7, 11) is 0. The molecule has 8 nitrogen and oxygen atoms in total. The summed E-state index contributed by atoms with van der Waals surface area (Å²) in [4.78, 5) is 14.8. The standard InChI is InChI=1S/C48H32N4O4/c1-25-26(2)45(54)43(27(3)44(25)53)48-50-46(28-16-19-34-33-12-6-9-15-39(33)55-40(34)22-28)49-47(51-48)29-17-20-35-36-21-18-30(24-42(36)56-41(35)23-29)52-37-13-7-4-10-31(37)32-11-5-8-14-38(32)52/h4-24,53-54H,1-3H3. The number of phenols is 2. The van der Waals surface area contributed by atoms with Gasteiger partial charge in [0, 0.05) is 60.8 Å². The van der Waals surface area contributed by atoms with E-state index in [1.54, 1.807) is 20.8 Å². The number of furan rings is 2. The Labute approximate surface area is 319 Å². The van der Waals surface area contributed by atoms with Gasteiger partial charge in [0.1, 0.15) is 33.8 Å². The van der Waals surface area contributed by atoms with Crippen molar-refractivity contribution in [1.82, 2.24) is 19.5 Å². The first-order valence-electron chi connectivity index (χ1n) is 18.5. The lowest BCUT2D eigenvalue weighted by molar-refractivity contribution is 0.451. The van der Waals surface area contributed by atoms with Gasteiger partial charge in [0.2, 0.25) is 0 Å². The van der Waals surface area contributed by atoms with Gasteiger partial charge in [-0.2, -0.15) is 0 Å². The Balaban J connectivity index is 1.09. The third-order valence-corrected chi connectivity index (χ3v) is 11.3. The highest BCUT2D eigenvalue weighted by Crippen LogP contribution is 2.43. The van der Waals surface area contributed by atoms with E-state index in [2.05, 4.69) is 71.3 Å². The lowest BCUT2D eigenvalue weighted by Crippen LogP contribution is -2.02. The van der Waals surface area contributed by atoms with Crippen LogP contribution in [0.15, 0.2) is 136 Å². The molecule has 0 spiro atoms. The Bertz CT molecular complexity index is 3360. The van der Waals surface area contributed by atoms with Crippen LogP contribution >= 0.6 is 0 Å². The van der Waals surface area contributed by atoms with Gasteiger partial charge >= 0.3 is 0 Å². The lowest BCUT2D eigenvalue weighted by atomic mass is 9.97. The van der Waals surface area contributed by atoms with Crippen molar-refractivity contribution in [2.24, 2.45) is 0 Å². The molecule has 8 heteroatoms. The number of benzene rings is 7. The summed E-state index contributed by atoms with van der Waals surface area (Å²) in [6.07, 6.45) is 0. The van der Waals surface area contributed by atoms with Crippen LogP contribution in [-0.4, -0.2) is 29.7 Å². The quantitative estimate of drug-likeness (QED) is 0.174. The van der Waals surface area contributed by atoms with Crippen LogP contribution in [0.1, 0.15) is 16.7 Å². The largest absolute Gasteiger partial charge is 0.507 e. The number of phenolic OH excluding ortho intramolecular Hbond substituents is 2. The predicted molar refractivity (Wildman–Crippen MR) is 223 cm³/mol. The molecule has 0 amide bonds. The third-order valence-electron chi connectivity index (χ3n) is 11.3. The molecule has 0 unspecified atom stereocenters. The van der Waals surface area contributed by atoms with Crippen molar-refractivity contribution in [2.75, 3.05) is 0 Å². The molecule has 0 aliphatic heterocycles. The highest BCUT2D eigenvalue weighted by molar-refractivity contribution is 6.11. The first-order valence-corrected chi connectivity index (χ1v) is 18.5. The molecule has 0 fully saturated rings. The van der Waals surface area contributed by atoms with Gasteiger partial charge in [0.05, 0.1) is 16.6 Å². The molecule has 7 aromatic carbocycles. The van der Waals surface area contributed by atoms with E-state index < -0.39 is 0 Å². The van der Waals surface area contributed by atoms with Gasteiger partial charge in [0.25, 0.3) is 0 Å². The summed E-state index contributed by atoms with van der Waals surface area (Å²) in [6, 6.07) is 43.1. The normalized spacial score (nSPS) is 12.0. The number of aromatic nitrogens is 4. The number of rotatable bonds is 4. The third kappa shape index (κ3) is 4.62. The second-order valence-corrected chi connectivity index (χ2v) is 14.4. The zero-order valence-corrected chi connectivity index (χ0v) is 30.6. The van der Waals surface area contributed by atoms with Crippen molar-refractivity contribution in [3.63, 3.8) is 0 Å². The highest BCUT2D eigenvalue weighted by atomic mass is 16.3. The molecule has 4 heterocycles. The number of hydrogen-bond acceptors (Lipinski definition) is 7. The van der Waals surface area contributed by atoms with Gasteiger partial charge < -0.3 is 23.6 Å². The molecule has 0 aliphatic rings. The Morgan fingerprint density at radius 1 is 0.429 bits per heavy atom. The minimum absolute atomic E-state index is 0.0143. The molecule has 56 heavy (non-hydrogen) atoms. The first kappa shape index (κ1) is 32.0. The molecule has 4 aromatic heterocycles. The Morgan fingerprint density at radius 2 is 0.893 bits per heavy atom. The molecule has 11 rings (SSSR count). The van der Waals surface area contributed by atoms with Crippen molar-refractivity contribution in [2.45, 2.75) is 20.8 Å². The van der Waals surface area contributed by atoms with E-state index >= 15 is 0 Å². The van der Waals surface area contributed by atoms with Gasteiger partial charge in [0.15, 0.2) is 17.5 Å². The second-order valence-electron chi connectivity index (χ2n) is 14.4. The zero-order chi connectivity index (χ0) is 37.8. The van der Waals surface area contributed by atoms with Crippen molar-refractivity contribution >= 4 is 65.7 Å². The molecule has 2 N–H and O–H groups in total. The van der Waals surface area contributed by atoms with Crippen LogP contribution in [0.25, 0.3) is 106 Å². The van der Waals surface area contributed by atoms with Gasteiger partial charge in [-0.05, 0) is 86.5 Å². The van der Waals surface area contributed by atoms with E-state index in [1.807, 2.05) is 60.7 Å².